The number of hydrogen-bond donors (Lipinski definition) is 2. The summed E-state index contributed by atoms with van der Waals surface area (Å²) in [7, 11) is 2.09. The van der Waals surface area contributed by atoms with Crippen molar-refractivity contribution >= 4 is 38.5 Å². The fourth-order valence-electron chi connectivity index (χ4n) is 6.55. The monoisotopic (exact) mass is 587 g/mol. The van der Waals surface area contributed by atoms with Crippen LogP contribution in [0.3, 0.4) is 0 Å². The third-order valence-electron chi connectivity index (χ3n) is 8.79. The molecule has 0 radical (unpaired) electrons. The fourth-order valence-corrected chi connectivity index (χ4v) is 6.55. The Hall–Kier alpha value is -4.92. The molecule has 8 heteroatoms. The van der Waals surface area contributed by atoms with E-state index in [2.05, 4.69) is 46.1 Å². The van der Waals surface area contributed by atoms with Crippen LogP contribution in [-0.2, 0) is 6.61 Å². The van der Waals surface area contributed by atoms with Crippen LogP contribution in [0.25, 0.3) is 32.5 Å². The van der Waals surface area contributed by atoms with E-state index >= 15 is 0 Å². The quantitative estimate of drug-likeness (QED) is 0.211. The van der Waals surface area contributed by atoms with Crippen LogP contribution in [0.1, 0.15) is 38.9 Å². The van der Waals surface area contributed by atoms with E-state index in [4.69, 9.17) is 9.15 Å². The van der Waals surface area contributed by atoms with Crippen molar-refractivity contribution in [2.24, 2.45) is 0 Å². The predicted octanol–water partition coefficient (Wildman–Crippen LogP) is 6.76. The normalized spacial score (nSPS) is 15.2. The van der Waals surface area contributed by atoms with Gasteiger partial charge >= 0.3 is 5.97 Å². The molecular formula is C36H33N3O5. The van der Waals surface area contributed by atoms with Crippen LogP contribution in [0, 0.1) is 6.92 Å². The molecule has 1 aliphatic heterocycles. The molecule has 6 aromatic rings. The summed E-state index contributed by atoms with van der Waals surface area (Å²) in [6, 6.07) is 23.3. The molecule has 1 fully saturated rings. The molecule has 2 N–H and O–H groups in total. The Morgan fingerprint density at radius 3 is 2.48 bits per heavy atom. The number of fused-ring (bicyclic) bond motifs is 4. The molecule has 1 atom stereocenters. The van der Waals surface area contributed by atoms with E-state index in [1.54, 1.807) is 19.3 Å². The first-order valence-corrected chi connectivity index (χ1v) is 14.8. The molecule has 7 rings (SSSR count). The summed E-state index contributed by atoms with van der Waals surface area (Å²) in [5.74, 6) is -0.188. The van der Waals surface area contributed by atoms with Gasteiger partial charge in [0.05, 0.1) is 6.04 Å². The standard InChI is InChI=1S/C36H33N3O5/c1-22-30(36(41)42)31-32(33(24-12-14-37-15-13-24)39-18-16-38(2)17-19-39)34(40)29-20-26(10-11-28(29)35(31)44-22)43-21-25-8-5-7-23-6-3-4-9-27(23)25/h3-15,20,33,40H,16-19,21H2,1-2H3,(H,41,42). The van der Waals surface area contributed by atoms with Crippen LogP contribution >= 0.6 is 0 Å². The van der Waals surface area contributed by atoms with E-state index in [9.17, 15) is 15.0 Å². The van der Waals surface area contributed by atoms with E-state index < -0.39 is 12.0 Å². The Kier molecular flexibility index (Phi) is 7.16. The van der Waals surface area contributed by atoms with Gasteiger partial charge in [-0.25, -0.2) is 4.79 Å². The van der Waals surface area contributed by atoms with Crippen molar-refractivity contribution in [2.75, 3.05) is 33.2 Å². The zero-order valence-corrected chi connectivity index (χ0v) is 24.7. The SMILES string of the molecule is Cc1oc2c(c1C(=O)O)c(C(c1ccncc1)N1CCN(C)CC1)c(O)c1cc(OCc3cccc4ccccc34)ccc12. The summed E-state index contributed by atoms with van der Waals surface area (Å²) < 4.78 is 12.5. The maximum absolute atomic E-state index is 12.7. The highest BCUT2D eigenvalue weighted by molar-refractivity contribution is 6.16. The van der Waals surface area contributed by atoms with Gasteiger partial charge < -0.3 is 24.3 Å². The van der Waals surface area contributed by atoms with Crippen LogP contribution in [0.2, 0.25) is 0 Å². The number of phenols is 1. The number of piperazine rings is 1. The number of carboxylic acid groups (broad SMARTS) is 1. The van der Waals surface area contributed by atoms with Gasteiger partial charge in [-0.1, -0.05) is 42.5 Å². The summed E-state index contributed by atoms with van der Waals surface area (Å²) in [6.07, 6.45) is 3.46. The van der Waals surface area contributed by atoms with Gasteiger partial charge in [-0.3, -0.25) is 9.88 Å². The Labute approximate surface area is 254 Å². The largest absolute Gasteiger partial charge is 0.507 e. The Morgan fingerprint density at radius 1 is 0.955 bits per heavy atom. The number of furan rings is 1. The van der Waals surface area contributed by atoms with Crippen molar-refractivity contribution in [1.82, 2.24) is 14.8 Å². The number of rotatable bonds is 7. The van der Waals surface area contributed by atoms with Gasteiger partial charge in [0.1, 0.15) is 35.0 Å². The number of nitrogens with zero attached hydrogens (tertiary/aromatic N) is 3. The van der Waals surface area contributed by atoms with Crippen molar-refractivity contribution in [2.45, 2.75) is 19.6 Å². The number of hydrogen-bond acceptors (Lipinski definition) is 7. The average Bonchev–Trinajstić information content (AvgIpc) is 3.40. The third-order valence-corrected chi connectivity index (χ3v) is 8.79. The Morgan fingerprint density at radius 2 is 1.70 bits per heavy atom. The zero-order chi connectivity index (χ0) is 30.4. The van der Waals surface area contributed by atoms with Gasteiger partial charge in [0.2, 0.25) is 0 Å². The summed E-state index contributed by atoms with van der Waals surface area (Å²) in [6.45, 7) is 5.20. The smallest absolute Gasteiger partial charge is 0.339 e. The van der Waals surface area contributed by atoms with Gasteiger partial charge in [0, 0.05) is 60.3 Å². The van der Waals surface area contributed by atoms with E-state index in [1.165, 1.54) is 0 Å². The van der Waals surface area contributed by atoms with Crippen molar-refractivity contribution in [3.8, 4) is 11.5 Å². The highest BCUT2D eigenvalue weighted by Crippen LogP contribution is 2.48. The molecule has 3 heterocycles. The van der Waals surface area contributed by atoms with E-state index in [0.717, 1.165) is 48.1 Å². The highest BCUT2D eigenvalue weighted by atomic mass is 16.5. The van der Waals surface area contributed by atoms with Gasteiger partial charge in [-0.15, -0.1) is 0 Å². The second-order valence-corrected chi connectivity index (χ2v) is 11.5. The first-order chi connectivity index (χ1) is 21.4. The van der Waals surface area contributed by atoms with Gasteiger partial charge in [0.15, 0.2) is 0 Å². The lowest BCUT2D eigenvalue weighted by Crippen LogP contribution is -2.46. The number of ether oxygens (including phenoxy) is 1. The lowest BCUT2D eigenvalue weighted by atomic mass is 9.89. The molecule has 0 spiro atoms. The van der Waals surface area contributed by atoms with E-state index in [0.29, 0.717) is 45.4 Å². The Bertz CT molecular complexity index is 2010. The minimum Gasteiger partial charge on any atom is -0.507 e. The summed E-state index contributed by atoms with van der Waals surface area (Å²) >= 11 is 0. The molecule has 0 aliphatic carbocycles. The number of carboxylic acids is 1. The summed E-state index contributed by atoms with van der Waals surface area (Å²) in [4.78, 5) is 21.4. The number of pyridine rings is 1. The number of carbonyl (C=O) groups is 1. The number of aromatic nitrogens is 1. The second kappa shape index (κ2) is 11.3. The molecule has 4 aromatic carbocycles. The molecule has 0 saturated carbocycles. The number of aryl methyl sites for hydroxylation is 1. The molecule has 8 nitrogen and oxygen atoms in total. The number of likely N-dealkylation sites (N-methyl/N-ethyl adjacent to an activating group) is 1. The lowest BCUT2D eigenvalue weighted by molar-refractivity contribution is 0.0696. The molecule has 0 amide bonds. The maximum Gasteiger partial charge on any atom is 0.339 e. The topological polar surface area (TPSA) is 99.3 Å². The molecule has 2 aromatic heterocycles. The molecule has 44 heavy (non-hydrogen) atoms. The number of aromatic hydroxyl groups is 1. The average molecular weight is 588 g/mol. The van der Waals surface area contributed by atoms with Crippen molar-refractivity contribution in [1.29, 1.82) is 0 Å². The van der Waals surface area contributed by atoms with Crippen molar-refractivity contribution in [3.63, 3.8) is 0 Å². The predicted molar refractivity (Wildman–Crippen MR) is 171 cm³/mol. The summed E-state index contributed by atoms with van der Waals surface area (Å²) in [5, 5.41) is 26.4. The molecular weight excluding hydrogens is 554 g/mol. The summed E-state index contributed by atoms with van der Waals surface area (Å²) in [5.41, 5.74) is 3.00. The molecule has 1 saturated heterocycles. The molecule has 1 unspecified atom stereocenters. The highest BCUT2D eigenvalue weighted by Gasteiger charge is 2.34. The third kappa shape index (κ3) is 4.82. The maximum atomic E-state index is 12.7. The first kappa shape index (κ1) is 27.9. The van der Waals surface area contributed by atoms with Crippen LogP contribution in [0.15, 0.2) is 89.6 Å². The van der Waals surface area contributed by atoms with Crippen LogP contribution in [-0.4, -0.2) is 64.2 Å². The first-order valence-electron chi connectivity index (χ1n) is 14.8. The number of aromatic carboxylic acids is 1. The van der Waals surface area contributed by atoms with Crippen molar-refractivity contribution < 1.29 is 24.2 Å². The number of benzene rings is 4. The van der Waals surface area contributed by atoms with E-state index in [-0.39, 0.29) is 11.3 Å². The Balaban J connectivity index is 1.41. The second-order valence-electron chi connectivity index (χ2n) is 11.5. The molecule has 0 bridgehead atoms. The fraction of sp³-hybridized carbons (Fsp3) is 0.222. The zero-order valence-electron chi connectivity index (χ0n) is 24.7. The van der Waals surface area contributed by atoms with Gasteiger partial charge in [0.25, 0.3) is 0 Å². The van der Waals surface area contributed by atoms with Crippen molar-refractivity contribution in [3.05, 3.63) is 113 Å². The molecule has 1 aliphatic rings. The van der Waals surface area contributed by atoms with Crippen LogP contribution in [0.4, 0.5) is 0 Å². The van der Waals surface area contributed by atoms with Crippen LogP contribution < -0.4 is 4.74 Å². The van der Waals surface area contributed by atoms with Crippen LogP contribution in [0.5, 0.6) is 11.5 Å². The van der Waals surface area contributed by atoms with Gasteiger partial charge in [-0.05, 0) is 66.2 Å². The minimum atomic E-state index is -1.09. The van der Waals surface area contributed by atoms with E-state index in [1.807, 2.05) is 48.5 Å². The lowest BCUT2D eigenvalue weighted by Gasteiger charge is -2.39. The number of phenolic OH excluding ortho intramolecular Hbond substituents is 1. The molecule has 222 valence electrons. The minimum absolute atomic E-state index is 0.0205. The van der Waals surface area contributed by atoms with Gasteiger partial charge in [-0.2, -0.15) is 0 Å².